The molecule has 0 aliphatic carbocycles. The minimum absolute atomic E-state index is 0.218. The average Bonchev–Trinajstić information content (AvgIpc) is 2.92. The van der Waals surface area contributed by atoms with Crippen molar-refractivity contribution in [3.05, 3.63) is 30.1 Å². The number of carbonyl (C=O) groups is 2. The predicted octanol–water partition coefficient (Wildman–Crippen LogP) is 2.26. The van der Waals surface area contributed by atoms with Crippen LogP contribution in [0.15, 0.2) is 24.3 Å². The molecule has 6 heteroatoms. The zero-order valence-corrected chi connectivity index (χ0v) is 12.6. The number of nitrogens with one attached hydrogen (secondary N) is 2. The highest BCUT2D eigenvalue weighted by Crippen LogP contribution is 2.11. The minimum atomic E-state index is -0.981. The number of amides is 1. The lowest BCUT2D eigenvalue weighted by Crippen LogP contribution is -2.40. The Balaban J connectivity index is 1.87. The first kappa shape index (κ1) is 16.0. The molecule has 2 aromatic rings. The van der Waals surface area contributed by atoms with Gasteiger partial charge >= 0.3 is 5.97 Å². The van der Waals surface area contributed by atoms with E-state index < -0.39 is 12.0 Å². The zero-order valence-electron chi connectivity index (χ0n) is 12.6. The first-order valence-corrected chi connectivity index (χ1v) is 7.56. The van der Waals surface area contributed by atoms with Crippen LogP contribution in [-0.2, 0) is 16.0 Å². The number of aliphatic carboxylic acids is 1. The molecule has 0 saturated carbocycles. The zero-order chi connectivity index (χ0) is 15.9. The molecule has 0 unspecified atom stereocenters. The Hall–Kier alpha value is -2.37. The summed E-state index contributed by atoms with van der Waals surface area (Å²) < 4.78 is 0. The van der Waals surface area contributed by atoms with Crippen LogP contribution in [0, 0.1) is 0 Å². The molecule has 6 nitrogen and oxygen atoms in total. The fourth-order valence-corrected chi connectivity index (χ4v) is 2.29. The highest BCUT2D eigenvalue weighted by molar-refractivity contribution is 5.83. The summed E-state index contributed by atoms with van der Waals surface area (Å²) in [5, 5.41) is 11.7. The van der Waals surface area contributed by atoms with Gasteiger partial charge in [-0.1, -0.05) is 31.9 Å². The summed E-state index contributed by atoms with van der Waals surface area (Å²) in [4.78, 5) is 30.5. The summed E-state index contributed by atoms with van der Waals surface area (Å²) in [5.41, 5.74) is 1.80. The second-order valence-corrected chi connectivity index (χ2v) is 5.30. The lowest BCUT2D eigenvalue weighted by Gasteiger charge is -2.13. The van der Waals surface area contributed by atoms with Gasteiger partial charge in [0.25, 0.3) is 0 Å². The number of hydrogen-bond donors (Lipinski definition) is 3. The molecule has 0 aliphatic rings. The Labute approximate surface area is 128 Å². The van der Waals surface area contributed by atoms with Crippen molar-refractivity contribution >= 4 is 22.9 Å². The monoisotopic (exact) mass is 303 g/mol. The second kappa shape index (κ2) is 7.59. The van der Waals surface area contributed by atoms with E-state index in [1.165, 1.54) is 0 Å². The van der Waals surface area contributed by atoms with Crippen molar-refractivity contribution < 1.29 is 14.7 Å². The van der Waals surface area contributed by atoms with Crippen molar-refractivity contribution in [1.29, 1.82) is 0 Å². The molecule has 2 rings (SSSR count). The van der Waals surface area contributed by atoms with E-state index in [4.69, 9.17) is 5.11 Å². The third-order valence-corrected chi connectivity index (χ3v) is 3.51. The van der Waals surface area contributed by atoms with E-state index in [1.807, 2.05) is 31.2 Å². The molecule has 22 heavy (non-hydrogen) atoms. The van der Waals surface area contributed by atoms with Crippen LogP contribution >= 0.6 is 0 Å². The Kier molecular flexibility index (Phi) is 5.52. The van der Waals surface area contributed by atoms with E-state index in [-0.39, 0.29) is 12.3 Å². The van der Waals surface area contributed by atoms with Gasteiger partial charge in [-0.15, -0.1) is 0 Å². The van der Waals surface area contributed by atoms with Crippen LogP contribution in [0.3, 0.4) is 0 Å². The number of benzene rings is 1. The molecule has 0 radical (unpaired) electrons. The van der Waals surface area contributed by atoms with E-state index in [0.717, 1.165) is 29.7 Å². The van der Waals surface area contributed by atoms with Crippen molar-refractivity contribution in [1.82, 2.24) is 15.3 Å². The fourth-order valence-electron chi connectivity index (χ4n) is 2.29. The van der Waals surface area contributed by atoms with Crippen LogP contribution in [0.5, 0.6) is 0 Å². The SMILES string of the molecule is CCCC[C@H](NC(=O)CCc1nc2ccccc2[nH]1)C(=O)O. The molecule has 1 heterocycles. The number of aromatic nitrogens is 2. The fraction of sp³-hybridized carbons (Fsp3) is 0.438. The summed E-state index contributed by atoms with van der Waals surface area (Å²) in [6.07, 6.45) is 2.82. The van der Waals surface area contributed by atoms with Gasteiger partial charge in [0.2, 0.25) is 5.91 Å². The average molecular weight is 303 g/mol. The van der Waals surface area contributed by atoms with Crippen LogP contribution in [0.2, 0.25) is 0 Å². The van der Waals surface area contributed by atoms with Gasteiger partial charge < -0.3 is 15.4 Å². The Morgan fingerprint density at radius 3 is 2.82 bits per heavy atom. The smallest absolute Gasteiger partial charge is 0.326 e. The molecule has 0 spiro atoms. The van der Waals surface area contributed by atoms with Gasteiger partial charge in [-0.05, 0) is 18.6 Å². The molecule has 0 saturated heterocycles. The normalized spacial score (nSPS) is 12.2. The third kappa shape index (κ3) is 4.31. The molecule has 118 valence electrons. The maximum atomic E-state index is 11.9. The van der Waals surface area contributed by atoms with Crippen molar-refractivity contribution in [3.8, 4) is 0 Å². The number of unbranched alkanes of at least 4 members (excludes halogenated alkanes) is 1. The number of carboxylic acids is 1. The number of aryl methyl sites for hydroxylation is 1. The molecule has 1 aromatic heterocycles. The number of fused-ring (bicyclic) bond motifs is 1. The quantitative estimate of drug-likeness (QED) is 0.697. The maximum absolute atomic E-state index is 11.9. The van der Waals surface area contributed by atoms with Gasteiger partial charge in [-0.25, -0.2) is 9.78 Å². The summed E-state index contributed by atoms with van der Waals surface area (Å²) in [6, 6.07) is 6.85. The summed E-state index contributed by atoms with van der Waals surface area (Å²) >= 11 is 0. The van der Waals surface area contributed by atoms with Crippen molar-refractivity contribution in [3.63, 3.8) is 0 Å². The third-order valence-electron chi connectivity index (χ3n) is 3.51. The van der Waals surface area contributed by atoms with Gasteiger partial charge in [0.15, 0.2) is 0 Å². The molecule has 0 bridgehead atoms. The van der Waals surface area contributed by atoms with Gasteiger partial charge in [-0.2, -0.15) is 0 Å². The molecule has 1 atom stereocenters. The van der Waals surface area contributed by atoms with Crippen LogP contribution < -0.4 is 5.32 Å². The lowest BCUT2D eigenvalue weighted by molar-refractivity contribution is -0.142. The number of carboxylic acid groups (broad SMARTS) is 1. The molecular weight excluding hydrogens is 282 g/mol. The first-order valence-electron chi connectivity index (χ1n) is 7.56. The maximum Gasteiger partial charge on any atom is 0.326 e. The van der Waals surface area contributed by atoms with E-state index >= 15 is 0 Å². The molecular formula is C16H21N3O3. The van der Waals surface area contributed by atoms with Crippen LogP contribution in [0.4, 0.5) is 0 Å². The summed E-state index contributed by atoms with van der Waals surface area (Å²) in [5.74, 6) is -0.508. The second-order valence-electron chi connectivity index (χ2n) is 5.30. The van der Waals surface area contributed by atoms with E-state index in [0.29, 0.717) is 12.8 Å². The number of carbonyl (C=O) groups excluding carboxylic acids is 1. The molecule has 3 N–H and O–H groups in total. The van der Waals surface area contributed by atoms with Crippen LogP contribution in [-0.4, -0.2) is 33.0 Å². The largest absolute Gasteiger partial charge is 0.480 e. The Bertz CT molecular complexity index is 618. The van der Waals surface area contributed by atoms with Gasteiger partial charge in [0.1, 0.15) is 11.9 Å². The Morgan fingerprint density at radius 2 is 2.14 bits per heavy atom. The summed E-state index contributed by atoms with van der Waals surface area (Å²) in [6.45, 7) is 1.99. The number of aromatic amines is 1. The number of rotatable bonds is 8. The lowest BCUT2D eigenvalue weighted by atomic mass is 10.1. The molecule has 0 fully saturated rings. The molecule has 1 amide bonds. The number of hydrogen-bond acceptors (Lipinski definition) is 3. The van der Waals surface area contributed by atoms with Crippen molar-refractivity contribution in [2.24, 2.45) is 0 Å². The number of para-hydroxylation sites is 2. The van der Waals surface area contributed by atoms with E-state index in [1.54, 1.807) is 0 Å². The van der Waals surface area contributed by atoms with Gasteiger partial charge in [0.05, 0.1) is 11.0 Å². The first-order chi connectivity index (χ1) is 10.6. The highest BCUT2D eigenvalue weighted by atomic mass is 16.4. The van der Waals surface area contributed by atoms with Gasteiger partial charge in [-0.3, -0.25) is 4.79 Å². The number of imidazole rings is 1. The van der Waals surface area contributed by atoms with E-state index in [9.17, 15) is 9.59 Å². The van der Waals surface area contributed by atoms with Crippen molar-refractivity contribution in [2.45, 2.75) is 45.1 Å². The Morgan fingerprint density at radius 1 is 1.36 bits per heavy atom. The standard InChI is InChI=1S/C16H21N3O3/c1-2-3-6-13(16(21)22)19-15(20)10-9-14-17-11-7-4-5-8-12(11)18-14/h4-5,7-8,13H,2-3,6,9-10H2,1H3,(H,17,18)(H,19,20)(H,21,22)/t13-/m0/s1. The number of nitrogens with zero attached hydrogens (tertiary/aromatic N) is 1. The van der Waals surface area contributed by atoms with E-state index in [2.05, 4.69) is 15.3 Å². The minimum Gasteiger partial charge on any atom is -0.480 e. The molecule has 1 aromatic carbocycles. The van der Waals surface area contributed by atoms with Gasteiger partial charge in [0, 0.05) is 12.8 Å². The van der Waals surface area contributed by atoms with Crippen LogP contribution in [0.25, 0.3) is 11.0 Å². The number of H-pyrrole nitrogens is 1. The topological polar surface area (TPSA) is 95.1 Å². The van der Waals surface area contributed by atoms with Crippen LogP contribution in [0.1, 0.15) is 38.4 Å². The highest BCUT2D eigenvalue weighted by Gasteiger charge is 2.19. The molecule has 0 aliphatic heterocycles. The predicted molar refractivity (Wildman–Crippen MR) is 83.5 cm³/mol. The summed E-state index contributed by atoms with van der Waals surface area (Å²) in [7, 11) is 0. The van der Waals surface area contributed by atoms with Crippen molar-refractivity contribution in [2.75, 3.05) is 0 Å².